The summed E-state index contributed by atoms with van der Waals surface area (Å²) in [6, 6.07) is 2.64. The number of rotatable bonds is 4. The van der Waals surface area contributed by atoms with Crippen LogP contribution < -0.4 is 4.90 Å². The lowest BCUT2D eigenvalue weighted by Gasteiger charge is -2.41. The highest BCUT2D eigenvalue weighted by Crippen LogP contribution is 2.36. The van der Waals surface area contributed by atoms with Crippen LogP contribution in [0.15, 0.2) is 30.7 Å². The minimum absolute atomic E-state index is 0.0658. The number of benzene rings is 1. The Bertz CT molecular complexity index is 1240. The van der Waals surface area contributed by atoms with E-state index in [9.17, 15) is 18.0 Å². The largest absolute Gasteiger partial charge is 0.433 e. The quantitative estimate of drug-likeness (QED) is 0.588. The van der Waals surface area contributed by atoms with Crippen molar-refractivity contribution < 1.29 is 18.0 Å². The highest BCUT2D eigenvalue weighted by atomic mass is 19.4. The van der Waals surface area contributed by atoms with Crippen LogP contribution in [0.25, 0.3) is 11.0 Å². The predicted molar refractivity (Wildman–Crippen MR) is 117 cm³/mol. The molecule has 1 aromatic carbocycles. The van der Waals surface area contributed by atoms with Gasteiger partial charge in [0.25, 0.3) is 0 Å². The molecule has 33 heavy (non-hydrogen) atoms. The van der Waals surface area contributed by atoms with E-state index in [0.717, 1.165) is 29.1 Å². The maximum Gasteiger partial charge on any atom is 0.433 e. The van der Waals surface area contributed by atoms with E-state index in [2.05, 4.69) is 28.8 Å². The number of pyridine rings is 1. The number of aryl methyl sites for hydroxylation is 1. The summed E-state index contributed by atoms with van der Waals surface area (Å²) in [5.41, 5.74) is 5.98. The molecule has 0 aliphatic carbocycles. The van der Waals surface area contributed by atoms with E-state index < -0.39 is 11.9 Å². The van der Waals surface area contributed by atoms with E-state index in [-0.39, 0.29) is 11.8 Å². The first-order chi connectivity index (χ1) is 15.8. The molecular weight excluding hydrogens is 431 g/mol. The van der Waals surface area contributed by atoms with Crippen molar-refractivity contribution >= 4 is 22.6 Å². The van der Waals surface area contributed by atoms with Crippen LogP contribution in [0, 0.1) is 12.8 Å². The molecule has 9 heteroatoms. The lowest BCUT2D eigenvalue weighted by atomic mass is 9.94. The van der Waals surface area contributed by atoms with Gasteiger partial charge in [-0.15, -0.1) is 0 Å². The van der Waals surface area contributed by atoms with Gasteiger partial charge >= 0.3 is 6.18 Å². The maximum atomic E-state index is 13.1. The van der Waals surface area contributed by atoms with Gasteiger partial charge in [0.2, 0.25) is 5.91 Å². The first-order valence-electron chi connectivity index (χ1n) is 11.1. The molecule has 0 N–H and O–H groups in total. The number of anilines is 1. The summed E-state index contributed by atoms with van der Waals surface area (Å²) in [6.07, 6.45) is 1.34. The molecule has 0 radical (unpaired) electrons. The van der Waals surface area contributed by atoms with Gasteiger partial charge in [-0.1, -0.05) is 6.92 Å². The summed E-state index contributed by atoms with van der Waals surface area (Å²) in [5.74, 6) is 0.184. The average Bonchev–Trinajstić information content (AvgIpc) is 3.22. The molecule has 5 rings (SSSR count). The number of carbonyl (C=O) groups is 1. The predicted octanol–water partition coefficient (Wildman–Crippen LogP) is 4.28. The van der Waals surface area contributed by atoms with Gasteiger partial charge in [-0.25, -0.2) is 0 Å². The molecule has 4 heterocycles. The SMILES string of the molecule is CCc1c(C)c2c(c3nccnc13)CN(C(=O)CC1CN(c3ccnc(C(F)(F)F)c3)C1)C2. The molecule has 0 unspecified atom stereocenters. The highest BCUT2D eigenvalue weighted by Gasteiger charge is 2.36. The Hall–Kier alpha value is -3.23. The second-order valence-corrected chi connectivity index (χ2v) is 8.79. The van der Waals surface area contributed by atoms with Crippen molar-refractivity contribution in [2.24, 2.45) is 5.92 Å². The molecule has 172 valence electrons. The first kappa shape index (κ1) is 21.6. The second-order valence-electron chi connectivity index (χ2n) is 8.79. The van der Waals surface area contributed by atoms with Crippen LogP contribution in [0.1, 0.15) is 41.3 Å². The number of carbonyl (C=O) groups excluding carboxylic acids is 1. The number of hydrogen-bond donors (Lipinski definition) is 0. The summed E-state index contributed by atoms with van der Waals surface area (Å²) in [7, 11) is 0. The van der Waals surface area contributed by atoms with Crippen molar-refractivity contribution in [1.29, 1.82) is 0 Å². The van der Waals surface area contributed by atoms with Gasteiger partial charge in [-0.05, 0) is 42.2 Å². The molecule has 0 saturated carbocycles. The summed E-state index contributed by atoms with van der Waals surface area (Å²) in [4.78, 5) is 29.3. The Kier molecular flexibility index (Phi) is 5.22. The molecule has 2 aliphatic rings. The van der Waals surface area contributed by atoms with Crippen LogP contribution in [0.2, 0.25) is 0 Å². The number of fused-ring (bicyclic) bond motifs is 3. The van der Waals surface area contributed by atoms with E-state index >= 15 is 0 Å². The van der Waals surface area contributed by atoms with Crippen molar-refractivity contribution in [3.63, 3.8) is 0 Å². The molecule has 1 amide bonds. The van der Waals surface area contributed by atoms with Crippen LogP contribution >= 0.6 is 0 Å². The third-order valence-electron chi connectivity index (χ3n) is 6.76. The highest BCUT2D eigenvalue weighted by molar-refractivity contribution is 5.86. The fourth-order valence-electron chi connectivity index (χ4n) is 5.00. The Balaban J connectivity index is 1.26. The maximum absolute atomic E-state index is 13.1. The van der Waals surface area contributed by atoms with E-state index in [0.29, 0.717) is 38.3 Å². The minimum atomic E-state index is -4.47. The van der Waals surface area contributed by atoms with Gasteiger partial charge in [0.15, 0.2) is 0 Å². The Morgan fingerprint density at radius 2 is 1.76 bits per heavy atom. The van der Waals surface area contributed by atoms with E-state index in [1.54, 1.807) is 18.5 Å². The summed E-state index contributed by atoms with van der Waals surface area (Å²) < 4.78 is 38.8. The fraction of sp³-hybridized carbons (Fsp3) is 0.417. The van der Waals surface area contributed by atoms with Crippen LogP contribution in [0.5, 0.6) is 0 Å². The van der Waals surface area contributed by atoms with E-state index in [1.165, 1.54) is 22.9 Å². The zero-order valence-electron chi connectivity index (χ0n) is 18.5. The summed E-state index contributed by atoms with van der Waals surface area (Å²) >= 11 is 0. The van der Waals surface area contributed by atoms with Crippen molar-refractivity contribution in [3.8, 4) is 0 Å². The van der Waals surface area contributed by atoms with Gasteiger partial charge in [0, 0.05) is 68.4 Å². The van der Waals surface area contributed by atoms with E-state index in [1.807, 2.05) is 9.80 Å². The Labute approximate surface area is 189 Å². The van der Waals surface area contributed by atoms with Crippen molar-refractivity contribution in [2.75, 3.05) is 18.0 Å². The zero-order chi connectivity index (χ0) is 23.3. The molecule has 2 aromatic heterocycles. The molecule has 0 bridgehead atoms. The molecule has 3 aromatic rings. The Morgan fingerprint density at radius 1 is 1.06 bits per heavy atom. The monoisotopic (exact) mass is 455 g/mol. The zero-order valence-corrected chi connectivity index (χ0v) is 18.5. The number of nitrogens with zero attached hydrogens (tertiary/aromatic N) is 5. The lowest BCUT2D eigenvalue weighted by molar-refractivity contribution is -0.141. The standard InChI is InChI=1S/C24H24F3N5O/c1-3-17-14(2)18-12-32(13-19(18)23-22(17)29-6-7-30-23)21(33)8-15-10-31(11-15)16-4-5-28-20(9-16)24(25,26)27/h4-7,9,15H,3,8,10-13H2,1-2H3. The number of hydrogen-bond acceptors (Lipinski definition) is 5. The molecule has 6 nitrogen and oxygen atoms in total. The molecule has 1 fully saturated rings. The second kappa shape index (κ2) is 7.97. The summed E-state index contributed by atoms with van der Waals surface area (Å²) in [5, 5.41) is 0. The topological polar surface area (TPSA) is 62.2 Å². The van der Waals surface area contributed by atoms with Gasteiger partial charge in [-0.2, -0.15) is 13.2 Å². The molecular formula is C24H24F3N5O. The van der Waals surface area contributed by atoms with Gasteiger partial charge < -0.3 is 9.80 Å². The third-order valence-corrected chi connectivity index (χ3v) is 6.76. The molecule has 0 spiro atoms. The van der Waals surface area contributed by atoms with Gasteiger partial charge in [0.1, 0.15) is 5.69 Å². The number of alkyl halides is 3. The lowest BCUT2D eigenvalue weighted by Crippen LogP contribution is -2.48. The third kappa shape index (κ3) is 3.79. The number of aromatic nitrogens is 3. The average molecular weight is 455 g/mol. The first-order valence-corrected chi connectivity index (χ1v) is 11.1. The molecule has 2 aliphatic heterocycles. The minimum Gasteiger partial charge on any atom is -0.371 e. The normalized spacial score (nSPS) is 16.3. The van der Waals surface area contributed by atoms with Crippen molar-refractivity contribution in [2.45, 2.75) is 46.0 Å². The summed E-state index contributed by atoms with van der Waals surface area (Å²) in [6.45, 7) is 6.39. The molecule has 0 atom stereocenters. The number of amides is 1. The molecule has 1 saturated heterocycles. The van der Waals surface area contributed by atoms with Crippen LogP contribution in [0.4, 0.5) is 18.9 Å². The number of halogens is 3. The van der Waals surface area contributed by atoms with Crippen LogP contribution in [-0.4, -0.2) is 38.8 Å². The van der Waals surface area contributed by atoms with Gasteiger partial charge in [-0.3, -0.25) is 19.7 Å². The smallest absolute Gasteiger partial charge is 0.371 e. The van der Waals surface area contributed by atoms with Gasteiger partial charge in [0.05, 0.1) is 11.0 Å². The van der Waals surface area contributed by atoms with E-state index in [4.69, 9.17) is 0 Å². The Morgan fingerprint density at radius 3 is 2.45 bits per heavy atom. The van der Waals surface area contributed by atoms with Crippen LogP contribution in [-0.2, 0) is 30.5 Å². The van der Waals surface area contributed by atoms with Crippen molar-refractivity contribution in [1.82, 2.24) is 19.9 Å². The van der Waals surface area contributed by atoms with Crippen molar-refractivity contribution in [3.05, 3.63) is 58.7 Å². The van der Waals surface area contributed by atoms with Crippen LogP contribution in [0.3, 0.4) is 0 Å². The fourth-order valence-corrected chi connectivity index (χ4v) is 5.00.